The lowest BCUT2D eigenvalue weighted by Crippen LogP contribution is -2.49. The predicted molar refractivity (Wildman–Crippen MR) is 118 cm³/mol. The van der Waals surface area contributed by atoms with E-state index in [9.17, 15) is 9.90 Å². The number of hydrogen-bond acceptors (Lipinski definition) is 5. The van der Waals surface area contributed by atoms with Crippen molar-refractivity contribution in [2.75, 3.05) is 37.6 Å². The van der Waals surface area contributed by atoms with Crippen LogP contribution in [0.4, 0.5) is 5.69 Å². The van der Waals surface area contributed by atoms with Crippen molar-refractivity contribution in [3.05, 3.63) is 82.6 Å². The fourth-order valence-electron chi connectivity index (χ4n) is 3.66. The predicted octanol–water partition coefficient (Wildman–Crippen LogP) is 3.48. The molecule has 0 bridgehead atoms. The number of piperazine rings is 1. The summed E-state index contributed by atoms with van der Waals surface area (Å²) < 4.78 is 0. The molecule has 29 heavy (non-hydrogen) atoms. The average molecular weight is 408 g/mol. The zero-order valence-corrected chi connectivity index (χ0v) is 17.0. The van der Waals surface area contributed by atoms with Gasteiger partial charge in [0.1, 0.15) is 5.75 Å². The Bertz CT molecular complexity index is 905. The van der Waals surface area contributed by atoms with Crippen molar-refractivity contribution in [2.45, 2.75) is 6.04 Å². The van der Waals surface area contributed by atoms with E-state index in [2.05, 4.69) is 33.3 Å². The molecule has 2 aromatic carbocycles. The third-order valence-corrected chi connectivity index (χ3v) is 6.16. The molecule has 0 radical (unpaired) electrons. The van der Waals surface area contributed by atoms with Crippen LogP contribution in [-0.2, 0) is 4.79 Å². The van der Waals surface area contributed by atoms with Crippen molar-refractivity contribution < 1.29 is 9.90 Å². The van der Waals surface area contributed by atoms with Crippen LogP contribution in [0.15, 0.2) is 72.1 Å². The lowest BCUT2D eigenvalue weighted by Gasteiger charge is -2.36. The zero-order valence-electron chi connectivity index (χ0n) is 16.2. The number of phenols is 1. The van der Waals surface area contributed by atoms with Gasteiger partial charge in [-0.05, 0) is 41.3 Å². The highest BCUT2D eigenvalue weighted by Crippen LogP contribution is 2.26. The maximum absolute atomic E-state index is 12.8. The van der Waals surface area contributed by atoms with Crippen LogP contribution in [0.1, 0.15) is 16.5 Å². The van der Waals surface area contributed by atoms with Crippen molar-refractivity contribution in [3.63, 3.8) is 0 Å². The van der Waals surface area contributed by atoms with Gasteiger partial charge in [0, 0.05) is 36.7 Å². The fourth-order valence-corrected chi connectivity index (χ4v) is 4.46. The minimum absolute atomic E-state index is 0.0466. The first-order valence-corrected chi connectivity index (χ1v) is 10.7. The molecule has 0 saturated carbocycles. The van der Waals surface area contributed by atoms with Crippen LogP contribution in [0.3, 0.4) is 0 Å². The van der Waals surface area contributed by atoms with Gasteiger partial charge in [-0.2, -0.15) is 0 Å². The SMILES string of the molecule is O=C(CN1CCN(c2ccc(O)cc2)CC1)NC(c1ccccc1)c1cccs1. The van der Waals surface area contributed by atoms with Crippen LogP contribution >= 0.6 is 11.3 Å². The number of rotatable bonds is 6. The molecule has 5 nitrogen and oxygen atoms in total. The number of hydrogen-bond donors (Lipinski definition) is 2. The molecule has 1 amide bonds. The maximum Gasteiger partial charge on any atom is 0.234 e. The molecule has 2 heterocycles. The third-order valence-electron chi connectivity index (χ3n) is 5.22. The molecular weight excluding hydrogens is 382 g/mol. The number of carbonyl (C=O) groups excluding carboxylic acids is 1. The Hall–Kier alpha value is -2.83. The monoisotopic (exact) mass is 407 g/mol. The molecule has 1 atom stereocenters. The fraction of sp³-hybridized carbons (Fsp3) is 0.261. The van der Waals surface area contributed by atoms with Crippen LogP contribution in [0.5, 0.6) is 5.75 Å². The molecule has 0 spiro atoms. The van der Waals surface area contributed by atoms with Gasteiger partial charge in [0.25, 0.3) is 0 Å². The van der Waals surface area contributed by atoms with Gasteiger partial charge in [-0.1, -0.05) is 36.4 Å². The molecule has 1 unspecified atom stereocenters. The quantitative estimate of drug-likeness (QED) is 0.657. The van der Waals surface area contributed by atoms with Crippen LogP contribution in [-0.4, -0.2) is 48.6 Å². The van der Waals surface area contributed by atoms with Crippen molar-refractivity contribution in [1.29, 1.82) is 0 Å². The summed E-state index contributed by atoms with van der Waals surface area (Å²) in [5.74, 6) is 0.327. The molecule has 3 aromatic rings. The first-order chi connectivity index (χ1) is 14.2. The van der Waals surface area contributed by atoms with Crippen molar-refractivity contribution in [3.8, 4) is 5.75 Å². The molecule has 4 rings (SSSR count). The molecule has 1 fully saturated rings. The Balaban J connectivity index is 1.34. The van der Waals surface area contributed by atoms with Crippen LogP contribution < -0.4 is 10.2 Å². The average Bonchev–Trinajstić information content (AvgIpc) is 3.28. The lowest BCUT2D eigenvalue weighted by molar-refractivity contribution is -0.122. The second-order valence-electron chi connectivity index (χ2n) is 7.21. The first-order valence-electron chi connectivity index (χ1n) is 9.83. The molecule has 6 heteroatoms. The van der Waals surface area contributed by atoms with E-state index in [1.165, 1.54) is 0 Å². The van der Waals surface area contributed by atoms with Gasteiger partial charge >= 0.3 is 0 Å². The maximum atomic E-state index is 12.8. The summed E-state index contributed by atoms with van der Waals surface area (Å²) in [6, 6.07) is 21.4. The van der Waals surface area contributed by atoms with Gasteiger partial charge in [-0.3, -0.25) is 9.69 Å². The van der Waals surface area contributed by atoms with Gasteiger partial charge < -0.3 is 15.3 Å². The highest BCUT2D eigenvalue weighted by Gasteiger charge is 2.22. The summed E-state index contributed by atoms with van der Waals surface area (Å²) in [6.07, 6.45) is 0. The number of phenolic OH excluding ortho intramolecular Hbond substituents is 1. The third kappa shape index (κ3) is 4.96. The summed E-state index contributed by atoms with van der Waals surface area (Å²) in [6.45, 7) is 3.81. The van der Waals surface area contributed by atoms with Gasteiger partial charge in [0.2, 0.25) is 5.91 Å². The Morgan fingerprint density at radius 3 is 2.34 bits per heavy atom. The number of anilines is 1. The van der Waals surface area contributed by atoms with E-state index >= 15 is 0 Å². The van der Waals surface area contributed by atoms with Gasteiger partial charge in [-0.25, -0.2) is 0 Å². The molecular formula is C23H25N3O2S. The summed E-state index contributed by atoms with van der Waals surface area (Å²) in [4.78, 5) is 18.4. The Kier molecular flexibility index (Phi) is 6.12. The number of nitrogens with zero attached hydrogens (tertiary/aromatic N) is 2. The second-order valence-corrected chi connectivity index (χ2v) is 8.19. The van der Waals surface area contributed by atoms with Crippen LogP contribution in [0, 0.1) is 0 Å². The van der Waals surface area contributed by atoms with Crippen LogP contribution in [0.2, 0.25) is 0 Å². The Labute approximate surface area is 175 Å². The molecule has 0 aliphatic carbocycles. The zero-order chi connectivity index (χ0) is 20.1. The summed E-state index contributed by atoms with van der Waals surface area (Å²) in [5.41, 5.74) is 2.20. The van der Waals surface area contributed by atoms with Crippen molar-refractivity contribution >= 4 is 22.9 Å². The smallest absolute Gasteiger partial charge is 0.234 e. The molecule has 1 saturated heterocycles. The van der Waals surface area contributed by atoms with Crippen molar-refractivity contribution in [1.82, 2.24) is 10.2 Å². The standard InChI is InChI=1S/C23H25N3O2S/c27-20-10-8-19(9-11-20)26-14-12-25(13-15-26)17-22(28)24-23(21-7-4-16-29-21)18-5-2-1-3-6-18/h1-11,16,23,27H,12-15,17H2,(H,24,28). The molecule has 1 aromatic heterocycles. The largest absolute Gasteiger partial charge is 0.508 e. The lowest BCUT2D eigenvalue weighted by atomic mass is 10.1. The first kappa shape index (κ1) is 19.5. The summed E-state index contributed by atoms with van der Waals surface area (Å²) in [5, 5.41) is 14.7. The molecule has 2 N–H and O–H groups in total. The Morgan fingerprint density at radius 2 is 1.69 bits per heavy atom. The summed E-state index contributed by atoms with van der Waals surface area (Å²) in [7, 11) is 0. The Morgan fingerprint density at radius 1 is 0.966 bits per heavy atom. The number of benzene rings is 2. The number of aromatic hydroxyl groups is 1. The summed E-state index contributed by atoms with van der Waals surface area (Å²) >= 11 is 1.66. The van der Waals surface area contributed by atoms with E-state index in [1.54, 1.807) is 23.5 Å². The van der Waals surface area contributed by atoms with Crippen molar-refractivity contribution in [2.24, 2.45) is 0 Å². The number of nitrogens with one attached hydrogen (secondary N) is 1. The van der Waals surface area contributed by atoms with Gasteiger partial charge in [0.05, 0.1) is 12.6 Å². The molecule has 1 aliphatic heterocycles. The highest BCUT2D eigenvalue weighted by molar-refractivity contribution is 7.10. The van der Waals surface area contributed by atoms with E-state index in [4.69, 9.17) is 0 Å². The van der Waals surface area contributed by atoms with Crippen LogP contribution in [0.25, 0.3) is 0 Å². The molecule has 1 aliphatic rings. The van der Waals surface area contributed by atoms with E-state index in [0.717, 1.165) is 42.3 Å². The van der Waals surface area contributed by atoms with E-state index in [1.807, 2.05) is 41.8 Å². The number of thiophene rings is 1. The van der Waals surface area contributed by atoms with E-state index in [-0.39, 0.29) is 17.7 Å². The topological polar surface area (TPSA) is 55.8 Å². The van der Waals surface area contributed by atoms with Gasteiger partial charge in [-0.15, -0.1) is 11.3 Å². The highest BCUT2D eigenvalue weighted by atomic mass is 32.1. The molecule has 150 valence electrons. The second kappa shape index (κ2) is 9.11. The number of amides is 1. The van der Waals surface area contributed by atoms with Gasteiger partial charge in [0.15, 0.2) is 0 Å². The number of carbonyl (C=O) groups is 1. The minimum atomic E-state index is -0.109. The minimum Gasteiger partial charge on any atom is -0.508 e. The van der Waals surface area contributed by atoms with E-state index < -0.39 is 0 Å². The normalized spacial score (nSPS) is 15.8. The van der Waals surface area contributed by atoms with E-state index in [0.29, 0.717) is 6.54 Å².